The highest BCUT2D eigenvalue weighted by atomic mass is 19.1. The Morgan fingerprint density at radius 2 is 2.06 bits per heavy atom. The van der Waals surface area contributed by atoms with Gasteiger partial charge >= 0.3 is 0 Å². The molecule has 90 valence electrons. The van der Waals surface area contributed by atoms with Crippen molar-refractivity contribution in [3.05, 3.63) is 48.9 Å². The summed E-state index contributed by atoms with van der Waals surface area (Å²) < 4.78 is 15.2. The molecule has 2 heteroatoms. The van der Waals surface area contributed by atoms with Gasteiger partial charge in [0.15, 0.2) is 0 Å². The number of aryl methyl sites for hydroxylation is 1. The van der Waals surface area contributed by atoms with E-state index in [-0.39, 0.29) is 5.82 Å². The number of fused-ring (bicyclic) bond motifs is 1. The third kappa shape index (κ3) is 2.96. The Kier molecular flexibility index (Phi) is 3.97. The summed E-state index contributed by atoms with van der Waals surface area (Å²) in [5, 5.41) is 0.982. The molecular weight excluding hydrogens is 213 g/mol. The Morgan fingerprint density at radius 3 is 2.88 bits per heavy atom. The van der Waals surface area contributed by atoms with E-state index < -0.39 is 0 Å². The van der Waals surface area contributed by atoms with Gasteiger partial charge in [-0.2, -0.15) is 0 Å². The summed E-state index contributed by atoms with van der Waals surface area (Å²) in [5.41, 5.74) is 1.12. The van der Waals surface area contributed by atoms with Crippen molar-refractivity contribution in [2.45, 2.75) is 32.2 Å². The monoisotopic (exact) mass is 231 g/mol. The van der Waals surface area contributed by atoms with Crippen LogP contribution in [0.15, 0.2) is 43.1 Å². The van der Waals surface area contributed by atoms with E-state index in [2.05, 4.69) is 11.1 Å². The van der Waals surface area contributed by atoms with Gasteiger partial charge in [0.2, 0.25) is 0 Å². The number of unbranched alkanes of at least 4 members (excludes halogenated alkanes) is 3. The second-order valence-electron chi connectivity index (χ2n) is 4.35. The van der Waals surface area contributed by atoms with Crippen molar-refractivity contribution in [2.75, 3.05) is 0 Å². The molecule has 1 aromatic carbocycles. The summed E-state index contributed by atoms with van der Waals surface area (Å²) in [6, 6.07) is 6.94. The van der Waals surface area contributed by atoms with E-state index in [1.54, 1.807) is 6.07 Å². The Bertz CT molecular complexity index is 499. The van der Waals surface area contributed by atoms with Crippen LogP contribution in [0.25, 0.3) is 10.9 Å². The summed E-state index contributed by atoms with van der Waals surface area (Å²) in [6.07, 6.45) is 8.68. The van der Waals surface area contributed by atoms with Crippen LogP contribution in [-0.4, -0.2) is 4.57 Å². The minimum Gasteiger partial charge on any atom is -0.347 e. The van der Waals surface area contributed by atoms with Crippen molar-refractivity contribution < 1.29 is 4.39 Å². The van der Waals surface area contributed by atoms with Crippen LogP contribution in [0.3, 0.4) is 0 Å². The number of hydrogen-bond donors (Lipinski definition) is 0. The Balaban J connectivity index is 1.97. The molecule has 0 atom stereocenters. The fourth-order valence-electron chi connectivity index (χ4n) is 2.11. The van der Waals surface area contributed by atoms with E-state index >= 15 is 0 Å². The van der Waals surface area contributed by atoms with E-state index in [1.165, 1.54) is 18.9 Å². The number of nitrogens with zero attached hydrogens (tertiary/aromatic N) is 1. The van der Waals surface area contributed by atoms with Crippen molar-refractivity contribution >= 4 is 10.9 Å². The first-order valence-corrected chi connectivity index (χ1v) is 6.16. The first-order chi connectivity index (χ1) is 8.31. The van der Waals surface area contributed by atoms with E-state index in [1.807, 2.05) is 24.4 Å². The minimum absolute atomic E-state index is 0.166. The van der Waals surface area contributed by atoms with Crippen molar-refractivity contribution in [2.24, 2.45) is 0 Å². The van der Waals surface area contributed by atoms with Crippen LogP contribution in [0.1, 0.15) is 25.7 Å². The highest BCUT2D eigenvalue weighted by Gasteiger charge is 2.01. The zero-order valence-electron chi connectivity index (χ0n) is 10.0. The highest BCUT2D eigenvalue weighted by molar-refractivity contribution is 5.80. The van der Waals surface area contributed by atoms with Crippen LogP contribution >= 0.6 is 0 Å². The molecule has 2 aromatic rings. The predicted molar refractivity (Wildman–Crippen MR) is 70.6 cm³/mol. The van der Waals surface area contributed by atoms with E-state index in [9.17, 15) is 4.39 Å². The maximum atomic E-state index is 13.0. The van der Waals surface area contributed by atoms with Gasteiger partial charge in [-0.15, -0.1) is 6.58 Å². The molecule has 0 N–H and O–H groups in total. The zero-order chi connectivity index (χ0) is 12.1. The molecule has 0 amide bonds. The Morgan fingerprint density at radius 1 is 1.18 bits per heavy atom. The lowest BCUT2D eigenvalue weighted by Crippen LogP contribution is -1.95. The summed E-state index contributed by atoms with van der Waals surface area (Å²) >= 11 is 0. The second kappa shape index (κ2) is 5.67. The quantitative estimate of drug-likeness (QED) is 0.508. The predicted octanol–water partition coefficient (Wildman–Crippen LogP) is 4.53. The molecule has 0 saturated heterocycles. The number of aromatic nitrogens is 1. The van der Waals surface area contributed by atoms with E-state index in [0.29, 0.717) is 0 Å². The van der Waals surface area contributed by atoms with Crippen molar-refractivity contribution in [3.63, 3.8) is 0 Å². The fraction of sp³-hybridized carbons (Fsp3) is 0.333. The average Bonchev–Trinajstić information content (AvgIpc) is 2.71. The van der Waals surface area contributed by atoms with Gasteiger partial charge in [0.05, 0.1) is 0 Å². The summed E-state index contributed by atoms with van der Waals surface area (Å²) in [6.45, 7) is 4.72. The average molecular weight is 231 g/mol. The summed E-state index contributed by atoms with van der Waals surface area (Å²) in [4.78, 5) is 0. The van der Waals surface area contributed by atoms with E-state index in [4.69, 9.17) is 0 Å². The fourth-order valence-corrected chi connectivity index (χ4v) is 2.11. The highest BCUT2D eigenvalue weighted by Crippen LogP contribution is 2.17. The van der Waals surface area contributed by atoms with Crippen LogP contribution in [0.5, 0.6) is 0 Å². The van der Waals surface area contributed by atoms with Gasteiger partial charge in [0.25, 0.3) is 0 Å². The van der Waals surface area contributed by atoms with Gasteiger partial charge in [-0.1, -0.05) is 12.5 Å². The molecule has 1 aromatic heterocycles. The van der Waals surface area contributed by atoms with Gasteiger partial charge in [-0.05, 0) is 43.5 Å². The zero-order valence-corrected chi connectivity index (χ0v) is 10.0. The standard InChI is InChI=1S/C15H18FN/c1-2-3-4-5-6-10-17-11-9-13-12-14(16)7-8-15(13)17/h2,7-9,11-12H,1,3-6,10H2. The smallest absolute Gasteiger partial charge is 0.123 e. The van der Waals surface area contributed by atoms with E-state index in [0.717, 1.165) is 30.3 Å². The third-order valence-corrected chi connectivity index (χ3v) is 3.04. The van der Waals surface area contributed by atoms with Crippen LogP contribution in [-0.2, 0) is 6.54 Å². The van der Waals surface area contributed by atoms with Crippen molar-refractivity contribution in [3.8, 4) is 0 Å². The largest absolute Gasteiger partial charge is 0.347 e. The molecule has 0 unspecified atom stereocenters. The molecule has 0 aliphatic rings. The maximum Gasteiger partial charge on any atom is 0.123 e. The third-order valence-electron chi connectivity index (χ3n) is 3.04. The number of hydrogen-bond acceptors (Lipinski definition) is 0. The molecule has 0 radical (unpaired) electrons. The Labute approximate surface area is 102 Å². The molecular formula is C15H18FN. The SMILES string of the molecule is C=CCCCCCn1ccc2cc(F)ccc21. The first kappa shape index (κ1) is 11.9. The molecule has 0 bridgehead atoms. The molecule has 0 aliphatic heterocycles. The lowest BCUT2D eigenvalue weighted by atomic mass is 10.2. The van der Waals surface area contributed by atoms with Gasteiger partial charge in [0, 0.05) is 23.6 Å². The molecule has 0 spiro atoms. The van der Waals surface area contributed by atoms with Gasteiger partial charge in [-0.25, -0.2) is 4.39 Å². The van der Waals surface area contributed by atoms with Crippen LogP contribution in [0.2, 0.25) is 0 Å². The second-order valence-corrected chi connectivity index (χ2v) is 4.35. The molecule has 1 heterocycles. The minimum atomic E-state index is -0.166. The Hall–Kier alpha value is -1.57. The molecule has 1 nitrogen and oxygen atoms in total. The van der Waals surface area contributed by atoms with Gasteiger partial charge < -0.3 is 4.57 Å². The van der Waals surface area contributed by atoms with Crippen LogP contribution in [0, 0.1) is 5.82 Å². The number of halogens is 1. The lowest BCUT2D eigenvalue weighted by Gasteiger charge is -2.04. The van der Waals surface area contributed by atoms with Crippen LogP contribution in [0.4, 0.5) is 4.39 Å². The number of allylic oxidation sites excluding steroid dienone is 1. The molecule has 0 fully saturated rings. The molecule has 2 rings (SSSR count). The summed E-state index contributed by atoms with van der Waals surface area (Å²) in [5.74, 6) is -0.166. The van der Waals surface area contributed by atoms with Crippen molar-refractivity contribution in [1.29, 1.82) is 0 Å². The number of benzene rings is 1. The van der Waals surface area contributed by atoms with Gasteiger partial charge in [0.1, 0.15) is 5.82 Å². The normalized spacial score (nSPS) is 10.9. The lowest BCUT2D eigenvalue weighted by molar-refractivity contribution is 0.602. The van der Waals surface area contributed by atoms with Gasteiger partial charge in [-0.3, -0.25) is 0 Å². The summed E-state index contributed by atoms with van der Waals surface area (Å²) in [7, 11) is 0. The molecule has 17 heavy (non-hydrogen) atoms. The molecule has 0 aliphatic carbocycles. The van der Waals surface area contributed by atoms with Crippen LogP contribution < -0.4 is 0 Å². The number of rotatable bonds is 6. The van der Waals surface area contributed by atoms with Crippen molar-refractivity contribution in [1.82, 2.24) is 4.57 Å². The first-order valence-electron chi connectivity index (χ1n) is 6.16. The topological polar surface area (TPSA) is 4.93 Å². The molecule has 0 saturated carbocycles. The maximum absolute atomic E-state index is 13.0.